The summed E-state index contributed by atoms with van der Waals surface area (Å²) in [5, 5.41) is 9.70. The molecular weight excluding hydrogens is 462 g/mol. The highest BCUT2D eigenvalue weighted by Gasteiger charge is 2.13. The van der Waals surface area contributed by atoms with E-state index in [0.717, 1.165) is 11.3 Å². The van der Waals surface area contributed by atoms with Crippen molar-refractivity contribution in [2.24, 2.45) is 0 Å². The molecule has 0 heterocycles. The lowest BCUT2D eigenvalue weighted by Crippen LogP contribution is -2.20. The summed E-state index contributed by atoms with van der Waals surface area (Å²) in [4.78, 5) is 25.1. The van der Waals surface area contributed by atoms with Gasteiger partial charge in [-0.25, -0.2) is 0 Å². The maximum Gasteiger partial charge on any atom is 0.325 e. The predicted molar refractivity (Wildman–Crippen MR) is 150 cm³/mol. The van der Waals surface area contributed by atoms with Crippen molar-refractivity contribution in [3.63, 3.8) is 0 Å². The van der Waals surface area contributed by atoms with E-state index in [1.807, 2.05) is 78.9 Å². The van der Waals surface area contributed by atoms with Gasteiger partial charge in [0.05, 0.1) is 11.4 Å². The number of para-hydroxylation sites is 2. The molecule has 0 aliphatic heterocycles. The molecule has 0 spiro atoms. The number of anilines is 3. The van der Waals surface area contributed by atoms with Crippen LogP contribution in [-0.2, 0) is 16.1 Å². The van der Waals surface area contributed by atoms with Crippen LogP contribution in [-0.4, -0.2) is 24.5 Å². The second-order valence-corrected chi connectivity index (χ2v) is 9.62. The number of hydrogen-bond donors (Lipinski definition) is 3. The number of esters is 1. The van der Waals surface area contributed by atoms with Crippen LogP contribution in [0.1, 0.15) is 67.3 Å². The third-order valence-corrected chi connectivity index (χ3v) is 6.71. The molecule has 0 saturated heterocycles. The number of carbonyl (C=O) groups excluding carboxylic acids is 2. The SMILES string of the molecule is O=C(CNc1ccccc1NC(=O)c1ccc(NC2CCCCCCCC2)cc1)OCc1ccccc1. The Hall–Kier alpha value is -3.80. The predicted octanol–water partition coefficient (Wildman–Crippen LogP) is 7.01. The van der Waals surface area contributed by atoms with Crippen molar-refractivity contribution >= 4 is 28.9 Å². The summed E-state index contributed by atoms with van der Waals surface area (Å²) in [6, 6.07) is 25.0. The van der Waals surface area contributed by atoms with Crippen LogP contribution in [0.15, 0.2) is 78.9 Å². The first-order valence-corrected chi connectivity index (χ1v) is 13.4. The van der Waals surface area contributed by atoms with E-state index in [1.165, 1.54) is 51.4 Å². The Labute approximate surface area is 219 Å². The molecule has 1 saturated carbocycles. The van der Waals surface area contributed by atoms with Gasteiger partial charge >= 0.3 is 5.97 Å². The smallest absolute Gasteiger partial charge is 0.325 e. The first kappa shape index (κ1) is 26.3. The van der Waals surface area contributed by atoms with Gasteiger partial charge in [-0.05, 0) is 54.8 Å². The Balaban J connectivity index is 1.28. The Kier molecular flexibility index (Phi) is 9.99. The van der Waals surface area contributed by atoms with E-state index in [-0.39, 0.29) is 25.0 Å². The molecule has 3 N–H and O–H groups in total. The lowest BCUT2D eigenvalue weighted by Gasteiger charge is -2.19. The van der Waals surface area contributed by atoms with Crippen molar-refractivity contribution in [1.29, 1.82) is 0 Å². The third-order valence-electron chi connectivity index (χ3n) is 6.71. The third kappa shape index (κ3) is 8.67. The summed E-state index contributed by atoms with van der Waals surface area (Å²) in [7, 11) is 0. The zero-order chi connectivity index (χ0) is 25.7. The normalized spacial score (nSPS) is 14.5. The van der Waals surface area contributed by atoms with Crippen LogP contribution in [0.5, 0.6) is 0 Å². The molecule has 1 fully saturated rings. The average molecular weight is 500 g/mol. The zero-order valence-electron chi connectivity index (χ0n) is 21.4. The van der Waals surface area contributed by atoms with Crippen molar-refractivity contribution in [3.05, 3.63) is 90.0 Å². The van der Waals surface area contributed by atoms with Crippen LogP contribution < -0.4 is 16.0 Å². The Morgan fingerprint density at radius 2 is 1.35 bits per heavy atom. The molecule has 3 aromatic carbocycles. The highest BCUT2D eigenvalue weighted by molar-refractivity contribution is 6.06. The van der Waals surface area contributed by atoms with E-state index >= 15 is 0 Å². The van der Waals surface area contributed by atoms with Crippen molar-refractivity contribution in [2.75, 3.05) is 22.5 Å². The van der Waals surface area contributed by atoms with E-state index in [9.17, 15) is 9.59 Å². The van der Waals surface area contributed by atoms with Gasteiger partial charge in [-0.2, -0.15) is 0 Å². The van der Waals surface area contributed by atoms with Gasteiger partial charge in [0.15, 0.2) is 0 Å². The minimum absolute atomic E-state index is 0.00124. The fraction of sp³-hybridized carbons (Fsp3) is 0.355. The monoisotopic (exact) mass is 499 g/mol. The molecule has 3 aromatic rings. The van der Waals surface area contributed by atoms with Crippen LogP contribution in [0, 0.1) is 0 Å². The van der Waals surface area contributed by atoms with E-state index in [2.05, 4.69) is 16.0 Å². The van der Waals surface area contributed by atoms with Gasteiger partial charge in [0.25, 0.3) is 5.91 Å². The largest absolute Gasteiger partial charge is 0.460 e. The van der Waals surface area contributed by atoms with E-state index in [1.54, 1.807) is 0 Å². The van der Waals surface area contributed by atoms with Crippen LogP contribution in [0.25, 0.3) is 0 Å². The molecule has 0 bridgehead atoms. The van der Waals surface area contributed by atoms with Crippen LogP contribution in [0.3, 0.4) is 0 Å². The van der Waals surface area contributed by atoms with Gasteiger partial charge in [-0.1, -0.05) is 81.0 Å². The minimum Gasteiger partial charge on any atom is -0.460 e. The minimum atomic E-state index is -0.368. The molecular formula is C31H37N3O3. The number of hydrogen-bond acceptors (Lipinski definition) is 5. The number of ether oxygens (including phenoxy) is 1. The Morgan fingerprint density at radius 3 is 2.05 bits per heavy atom. The summed E-state index contributed by atoms with van der Waals surface area (Å²) < 4.78 is 5.33. The molecule has 0 atom stereocenters. The first-order chi connectivity index (χ1) is 18.2. The van der Waals surface area contributed by atoms with E-state index < -0.39 is 0 Å². The van der Waals surface area contributed by atoms with Crippen LogP contribution >= 0.6 is 0 Å². The van der Waals surface area contributed by atoms with E-state index in [4.69, 9.17) is 4.74 Å². The number of carbonyl (C=O) groups is 2. The highest BCUT2D eigenvalue weighted by atomic mass is 16.5. The lowest BCUT2D eigenvalue weighted by atomic mass is 10.0. The highest BCUT2D eigenvalue weighted by Crippen LogP contribution is 2.23. The molecule has 0 unspecified atom stereocenters. The van der Waals surface area contributed by atoms with Crippen LogP contribution in [0.4, 0.5) is 17.1 Å². The fourth-order valence-electron chi connectivity index (χ4n) is 4.63. The molecule has 37 heavy (non-hydrogen) atoms. The molecule has 194 valence electrons. The van der Waals surface area contributed by atoms with Gasteiger partial charge in [0.2, 0.25) is 0 Å². The van der Waals surface area contributed by atoms with Crippen molar-refractivity contribution < 1.29 is 14.3 Å². The standard InChI is InChI=1S/C31H37N3O3/c35-30(37-23-24-12-6-5-7-13-24)22-32-28-16-10-11-17-29(28)34-31(36)25-18-20-27(21-19-25)33-26-14-8-3-1-2-4-9-15-26/h5-7,10-13,16-21,26,32-33H,1-4,8-9,14-15,22-23H2,(H,34,36). The average Bonchev–Trinajstić information content (AvgIpc) is 3.06. The van der Waals surface area contributed by atoms with E-state index in [0.29, 0.717) is 23.0 Å². The van der Waals surface area contributed by atoms with Gasteiger partial charge in [0, 0.05) is 17.3 Å². The lowest BCUT2D eigenvalue weighted by molar-refractivity contribution is -0.142. The second-order valence-electron chi connectivity index (χ2n) is 9.62. The Bertz CT molecular complexity index is 1120. The number of benzene rings is 3. The van der Waals surface area contributed by atoms with Gasteiger partial charge in [-0.3, -0.25) is 9.59 Å². The molecule has 6 heteroatoms. The first-order valence-electron chi connectivity index (χ1n) is 13.4. The molecule has 4 rings (SSSR count). The molecule has 1 aliphatic rings. The maximum absolute atomic E-state index is 12.9. The maximum atomic E-state index is 12.9. The van der Waals surface area contributed by atoms with Crippen molar-refractivity contribution in [2.45, 2.75) is 64.0 Å². The summed E-state index contributed by atoms with van der Waals surface area (Å²) in [6.07, 6.45) is 10.3. The number of nitrogens with one attached hydrogen (secondary N) is 3. The second kappa shape index (κ2) is 14.1. The topological polar surface area (TPSA) is 79.5 Å². The summed E-state index contributed by atoms with van der Waals surface area (Å²) in [6.45, 7) is 0.229. The van der Waals surface area contributed by atoms with Crippen molar-refractivity contribution in [1.82, 2.24) is 0 Å². The number of rotatable bonds is 9. The van der Waals surface area contributed by atoms with Gasteiger partial charge in [0.1, 0.15) is 13.2 Å². The zero-order valence-corrected chi connectivity index (χ0v) is 21.4. The van der Waals surface area contributed by atoms with Gasteiger partial charge in [-0.15, -0.1) is 0 Å². The quantitative estimate of drug-likeness (QED) is 0.276. The summed E-state index contributed by atoms with van der Waals surface area (Å²) in [5.41, 5.74) is 3.83. The molecule has 0 radical (unpaired) electrons. The molecule has 1 amide bonds. The summed E-state index contributed by atoms with van der Waals surface area (Å²) >= 11 is 0. The molecule has 1 aliphatic carbocycles. The van der Waals surface area contributed by atoms with Gasteiger partial charge < -0.3 is 20.7 Å². The summed E-state index contributed by atoms with van der Waals surface area (Å²) in [5.74, 6) is -0.567. The van der Waals surface area contributed by atoms with Crippen LogP contribution in [0.2, 0.25) is 0 Å². The number of amides is 1. The Morgan fingerprint density at radius 1 is 0.730 bits per heavy atom. The molecule has 6 nitrogen and oxygen atoms in total. The molecule has 0 aromatic heterocycles. The fourth-order valence-corrected chi connectivity index (χ4v) is 4.63. The van der Waals surface area contributed by atoms with Crippen molar-refractivity contribution in [3.8, 4) is 0 Å².